The van der Waals surface area contributed by atoms with Gasteiger partial charge in [-0.1, -0.05) is 13.8 Å². The standard InChI is InChI=1S/C19H31N5O/c1-19(2)14-23(11-8-16(19)20)13-18(25)22-15-6-7-17(21-12-15)24-9-4-3-5-10-24/h6-7,12,16H,3-5,8-11,13-14,20H2,1-2H3,(H,22,25). The molecule has 2 saturated heterocycles. The van der Waals surface area contributed by atoms with Crippen LogP contribution in [0.4, 0.5) is 11.5 Å². The van der Waals surface area contributed by atoms with Gasteiger partial charge in [0.1, 0.15) is 5.82 Å². The van der Waals surface area contributed by atoms with E-state index in [1.165, 1.54) is 19.3 Å². The lowest BCUT2D eigenvalue weighted by atomic mass is 9.80. The van der Waals surface area contributed by atoms with Gasteiger partial charge in [-0.15, -0.1) is 0 Å². The number of amides is 1. The number of nitrogens with zero attached hydrogens (tertiary/aromatic N) is 3. The summed E-state index contributed by atoms with van der Waals surface area (Å²) in [6.45, 7) is 8.63. The molecule has 1 unspecified atom stereocenters. The zero-order chi connectivity index (χ0) is 17.9. The van der Waals surface area contributed by atoms with Crippen LogP contribution in [-0.4, -0.2) is 54.6 Å². The number of anilines is 2. The Morgan fingerprint density at radius 2 is 2.04 bits per heavy atom. The van der Waals surface area contributed by atoms with E-state index < -0.39 is 0 Å². The maximum atomic E-state index is 12.3. The number of aromatic nitrogens is 1. The molecular formula is C19H31N5O. The molecule has 0 bridgehead atoms. The molecule has 2 aliphatic rings. The maximum absolute atomic E-state index is 12.3. The van der Waals surface area contributed by atoms with E-state index in [9.17, 15) is 4.79 Å². The van der Waals surface area contributed by atoms with E-state index in [4.69, 9.17) is 5.73 Å². The molecule has 1 atom stereocenters. The van der Waals surface area contributed by atoms with Gasteiger partial charge >= 0.3 is 0 Å². The lowest BCUT2D eigenvalue weighted by molar-refractivity contribution is -0.118. The molecule has 0 radical (unpaired) electrons. The van der Waals surface area contributed by atoms with Crippen LogP contribution in [0.15, 0.2) is 18.3 Å². The summed E-state index contributed by atoms with van der Waals surface area (Å²) in [6, 6.07) is 4.16. The zero-order valence-corrected chi connectivity index (χ0v) is 15.5. The van der Waals surface area contributed by atoms with Crippen LogP contribution >= 0.6 is 0 Å². The molecule has 2 fully saturated rings. The molecular weight excluding hydrogens is 314 g/mol. The first-order chi connectivity index (χ1) is 11.9. The Kier molecular flexibility index (Phi) is 5.59. The molecule has 2 aliphatic heterocycles. The fourth-order valence-electron chi connectivity index (χ4n) is 3.79. The van der Waals surface area contributed by atoms with E-state index in [0.717, 1.165) is 44.1 Å². The molecule has 0 aliphatic carbocycles. The quantitative estimate of drug-likeness (QED) is 0.874. The van der Waals surface area contributed by atoms with Crippen LogP contribution in [0.25, 0.3) is 0 Å². The average Bonchev–Trinajstić information content (AvgIpc) is 2.59. The predicted octanol–water partition coefficient (Wildman–Crippen LogP) is 2.07. The Hall–Kier alpha value is -1.66. The number of carbonyl (C=O) groups is 1. The monoisotopic (exact) mass is 345 g/mol. The molecule has 6 heteroatoms. The van der Waals surface area contributed by atoms with Crippen molar-refractivity contribution < 1.29 is 4.79 Å². The first-order valence-corrected chi connectivity index (χ1v) is 9.43. The molecule has 0 aromatic carbocycles. The van der Waals surface area contributed by atoms with E-state index >= 15 is 0 Å². The largest absolute Gasteiger partial charge is 0.357 e. The van der Waals surface area contributed by atoms with Crippen molar-refractivity contribution >= 4 is 17.4 Å². The van der Waals surface area contributed by atoms with E-state index in [2.05, 4.69) is 33.9 Å². The summed E-state index contributed by atoms with van der Waals surface area (Å²) in [5.74, 6) is 1.02. The van der Waals surface area contributed by atoms with Gasteiger partial charge in [-0.3, -0.25) is 9.69 Å². The molecule has 3 N–H and O–H groups in total. The normalized spacial score (nSPS) is 24.1. The SMILES string of the molecule is CC1(C)CN(CC(=O)Nc2ccc(N3CCCCC3)nc2)CCC1N. The van der Waals surface area contributed by atoms with Gasteiger partial charge in [0.25, 0.3) is 0 Å². The van der Waals surface area contributed by atoms with Crippen LogP contribution in [0.2, 0.25) is 0 Å². The molecule has 1 aromatic heterocycles. The molecule has 3 heterocycles. The fraction of sp³-hybridized carbons (Fsp3) is 0.684. The molecule has 0 spiro atoms. The van der Waals surface area contributed by atoms with Crippen molar-refractivity contribution in [3.8, 4) is 0 Å². The number of piperidine rings is 2. The van der Waals surface area contributed by atoms with Crippen LogP contribution in [0.5, 0.6) is 0 Å². The second-order valence-electron chi connectivity index (χ2n) is 8.10. The highest BCUT2D eigenvalue weighted by molar-refractivity contribution is 5.92. The van der Waals surface area contributed by atoms with Crippen molar-refractivity contribution in [2.45, 2.75) is 45.6 Å². The molecule has 1 aromatic rings. The highest BCUT2D eigenvalue weighted by Gasteiger charge is 2.33. The third kappa shape index (κ3) is 4.70. The van der Waals surface area contributed by atoms with E-state index in [0.29, 0.717) is 6.54 Å². The number of nitrogens with one attached hydrogen (secondary N) is 1. The lowest BCUT2D eigenvalue weighted by Crippen LogP contribution is -2.53. The van der Waals surface area contributed by atoms with Crippen LogP contribution in [0, 0.1) is 5.41 Å². The minimum Gasteiger partial charge on any atom is -0.357 e. The van der Waals surface area contributed by atoms with Crippen LogP contribution < -0.4 is 16.0 Å². The molecule has 6 nitrogen and oxygen atoms in total. The summed E-state index contributed by atoms with van der Waals surface area (Å²) < 4.78 is 0. The molecule has 25 heavy (non-hydrogen) atoms. The second kappa shape index (κ2) is 7.70. The van der Waals surface area contributed by atoms with Gasteiger partial charge < -0.3 is 16.0 Å². The lowest BCUT2D eigenvalue weighted by Gasteiger charge is -2.42. The predicted molar refractivity (Wildman–Crippen MR) is 102 cm³/mol. The number of pyridine rings is 1. The summed E-state index contributed by atoms with van der Waals surface area (Å²) in [6.07, 6.45) is 6.47. The van der Waals surface area contributed by atoms with Crippen molar-refractivity contribution in [1.29, 1.82) is 0 Å². The summed E-state index contributed by atoms with van der Waals surface area (Å²) in [4.78, 5) is 21.4. The van der Waals surface area contributed by atoms with Crippen molar-refractivity contribution in [2.24, 2.45) is 11.1 Å². The molecule has 1 amide bonds. The van der Waals surface area contributed by atoms with Crippen molar-refractivity contribution in [3.05, 3.63) is 18.3 Å². The Morgan fingerprint density at radius 3 is 2.68 bits per heavy atom. The first kappa shape index (κ1) is 18.1. The topological polar surface area (TPSA) is 74.5 Å². The Morgan fingerprint density at radius 1 is 1.28 bits per heavy atom. The summed E-state index contributed by atoms with van der Waals surface area (Å²) >= 11 is 0. The number of rotatable bonds is 4. The Balaban J connectivity index is 1.51. The zero-order valence-electron chi connectivity index (χ0n) is 15.5. The average molecular weight is 345 g/mol. The number of nitrogens with two attached hydrogens (primary N) is 1. The molecule has 138 valence electrons. The van der Waals surface area contributed by atoms with Crippen molar-refractivity contribution in [3.63, 3.8) is 0 Å². The van der Waals surface area contributed by atoms with Gasteiger partial charge in [-0.05, 0) is 43.2 Å². The van der Waals surface area contributed by atoms with Crippen molar-refractivity contribution in [1.82, 2.24) is 9.88 Å². The minimum atomic E-state index is 0.0128. The summed E-state index contributed by atoms with van der Waals surface area (Å²) in [5.41, 5.74) is 6.98. The van der Waals surface area contributed by atoms with Gasteiger partial charge in [0.15, 0.2) is 0 Å². The number of carbonyl (C=O) groups excluding carboxylic acids is 1. The molecule has 0 saturated carbocycles. The summed E-state index contributed by atoms with van der Waals surface area (Å²) in [5, 5.41) is 2.97. The number of hydrogen-bond donors (Lipinski definition) is 2. The van der Waals surface area contributed by atoms with E-state index in [1.807, 2.05) is 12.1 Å². The highest BCUT2D eigenvalue weighted by atomic mass is 16.2. The Labute approximate surface area is 150 Å². The van der Waals surface area contributed by atoms with E-state index in [-0.39, 0.29) is 17.4 Å². The highest BCUT2D eigenvalue weighted by Crippen LogP contribution is 2.27. The smallest absolute Gasteiger partial charge is 0.238 e. The van der Waals surface area contributed by atoms with Gasteiger partial charge in [0.05, 0.1) is 18.4 Å². The number of likely N-dealkylation sites (tertiary alicyclic amines) is 1. The molecule has 3 rings (SSSR count). The van der Waals surface area contributed by atoms with Gasteiger partial charge in [-0.25, -0.2) is 4.98 Å². The maximum Gasteiger partial charge on any atom is 0.238 e. The minimum absolute atomic E-state index is 0.0128. The second-order valence-corrected chi connectivity index (χ2v) is 8.10. The van der Waals surface area contributed by atoms with Crippen LogP contribution in [0.1, 0.15) is 39.5 Å². The number of hydrogen-bond acceptors (Lipinski definition) is 5. The van der Waals surface area contributed by atoms with Gasteiger partial charge in [-0.2, -0.15) is 0 Å². The Bertz CT molecular complexity index is 580. The van der Waals surface area contributed by atoms with Crippen molar-refractivity contribution in [2.75, 3.05) is 42.9 Å². The van der Waals surface area contributed by atoms with Gasteiger partial charge in [0.2, 0.25) is 5.91 Å². The third-order valence-corrected chi connectivity index (χ3v) is 5.47. The van der Waals surface area contributed by atoms with E-state index in [1.54, 1.807) is 6.20 Å². The third-order valence-electron chi connectivity index (χ3n) is 5.47. The fourth-order valence-corrected chi connectivity index (χ4v) is 3.79. The van der Waals surface area contributed by atoms with Crippen LogP contribution in [-0.2, 0) is 4.79 Å². The van der Waals surface area contributed by atoms with Crippen LogP contribution in [0.3, 0.4) is 0 Å². The first-order valence-electron chi connectivity index (χ1n) is 9.43. The van der Waals surface area contributed by atoms with Gasteiger partial charge in [0, 0.05) is 32.2 Å². The summed E-state index contributed by atoms with van der Waals surface area (Å²) in [7, 11) is 0.